The summed E-state index contributed by atoms with van der Waals surface area (Å²) < 4.78 is 0. The number of aryl methyl sites for hydroxylation is 2. The van der Waals surface area contributed by atoms with Crippen molar-refractivity contribution in [2.75, 3.05) is 5.73 Å². The van der Waals surface area contributed by atoms with E-state index in [2.05, 4.69) is 50.9 Å². The molecule has 0 atom stereocenters. The minimum atomic E-state index is 0.457. The average Bonchev–Trinajstić information content (AvgIpc) is 2.60. The lowest BCUT2D eigenvalue weighted by molar-refractivity contribution is 0.887. The molecule has 3 heteroatoms. The maximum absolute atomic E-state index is 5.86. The molecule has 0 radical (unpaired) electrons. The zero-order chi connectivity index (χ0) is 12.6. The van der Waals surface area contributed by atoms with E-state index in [9.17, 15) is 0 Å². The monoisotopic (exact) mass is 246 g/mol. The van der Waals surface area contributed by atoms with Crippen molar-refractivity contribution in [1.82, 2.24) is 4.98 Å². The van der Waals surface area contributed by atoms with Crippen molar-refractivity contribution in [3.8, 4) is 11.3 Å². The fourth-order valence-electron chi connectivity index (χ4n) is 2.11. The largest absolute Gasteiger partial charge is 0.375 e. The van der Waals surface area contributed by atoms with Gasteiger partial charge in [0.2, 0.25) is 0 Å². The summed E-state index contributed by atoms with van der Waals surface area (Å²) >= 11 is 1.60. The van der Waals surface area contributed by atoms with Gasteiger partial charge in [-0.25, -0.2) is 4.98 Å². The van der Waals surface area contributed by atoms with Gasteiger partial charge in [-0.1, -0.05) is 32.0 Å². The molecule has 0 saturated carbocycles. The number of nitrogens with two attached hydrogens (primary N) is 1. The Bertz CT molecular complexity index is 521. The van der Waals surface area contributed by atoms with Crippen molar-refractivity contribution >= 4 is 16.5 Å². The number of aromatic nitrogens is 1. The van der Waals surface area contributed by atoms with Gasteiger partial charge in [0.25, 0.3) is 0 Å². The highest BCUT2D eigenvalue weighted by molar-refractivity contribution is 7.15. The second kappa shape index (κ2) is 4.49. The normalized spacial score (nSPS) is 11.1. The Morgan fingerprint density at radius 3 is 2.29 bits per heavy atom. The van der Waals surface area contributed by atoms with E-state index in [1.807, 2.05) is 0 Å². The Balaban J connectivity index is 2.68. The molecule has 2 N–H and O–H groups in total. The SMILES string of the molecule is Cc1cccc(C)c1-c1nc(N)sc1C(C)C. The van der Waals surface area contributed by atoms with E-state index in [1.165, 1.54) is 21.6 Å². The summed E-state index contributed by atoms with van der Waals surface area (Å²) in [6.45, 7) is 8.62. The molecule has 2 aromatic rings. The molecule has 0 unspecified atom stereocenters. The number of thiazole rings is 1. The number of nitrogen functional groups attached to an aromatic ring is 1. The highest BCUT2D eigenvalue weighted by atomic mass is 32.1. The number of hydrogen-bond donors (Lipinski definition) is 1. The highest BCUT2D eigenvalue weighted by Crippen LogP contribution is 2.37. The molecule has 0 aliphatic carbocycles. The topological polar surface area (TPSA) is 38.9 Å². The zero-order valence-corrected chi connectivity index (χ0v) is 11.6. The van der Waals surface area contributed by atoms with Gasteiger partial charge in [0.15, 0.2) is 5.13 Å². The maximum Gasteiger partial charge on any atom is 0.180 e. The van der Waals surface area contributed by atoms with Gasteiger partial charge in [0, 0.05) is 10.4 Å². The van der Waals surface area contributed by atoms with Crippen LogP contribution in [-0.4, -0.2) is 4.98 Å². The van der Waals surface area contributed by atoms with E-state index in [0.29, 0.717) is 11.0 Å². The third kappa shape index (κ3) is 2.20. The second-order valence-electron chi connectivity index (χ2n) is 4.69. The Morgan fingerprint density at radius 2 is 1.76 bits per heavy atom. The second-order valence-corrected chi connectivity index (χ2v) is 5.75. The summed E-state index contributed by atoms with van der Waals surface area (Å²) in [4.78, 5) is 5.80. The summed E-state index contributed by atoms with van der Waals surface area (Å²) in [5, 5.41) is 0.659. The van der Waals surface area contributed by atoms with E-state index < -0.39 is 0 Å². The van der Waals surface area contributed by atoms with Crippen LogP contribution in [0.25, 0.3) is 11.3 Å². The molecule has 0 amide bonds. The van der Waals surface area contributed by atoms with Crippen molar-refractivity contribution in [1.29, 1.82) is 0 Å². The van der Waals surface area contributed by atoms with Crippen LogP contribution in [-0.2, 0) is 0 Å². The van der Waals surface area contributed by atoms with Crippen LogP contribution < -0.4 is 5.73 Å². The minimum Gasteiger partial charge on any atom is -0.375 e. The third-order valence-electron chi connectivity index (χ3n) is 2.91. The van der Waals surface area contributed by atoms with Crippen molar-refractivity contribution < 1.29 is 0 Å². The van der Waals surface area contributed by atoms with E-state index in [0.717, 1.165) is 5.69 Å². The van der Waals surface area contributed by atoms with Crippen LogP contribution in [0.3, 0.4) is 0 Å². The molecule has 1 heterocycles. The van der Waals surface area contributed by atoms with Gasteiger partial charge in [0.1, 0.15) is 0 Å². The first-order chi connectivity index (χ1) is 8.00. The number of hydrogen-bond acceptors (Lipinski definition) is 3. The quantitative estimate of drug-likeness (QED) is 0.865. The smallest absolute Gasteiger partial charge is 0.180 e. The van der Waals surface area contributed by atoms with Crippen LogP contribution in [0.2, 0.25) is 0 Å². The molecule has 0 spiro atoms. The number of benzene rings is 1. The lowest BCUT2D eigenvalue weighted by Gasteiger charge is -2.10. The molecule has 0 bridgehead atoms. The molecule has 90 valence electrons. The van der Waals surface area contributed by atoms with Gasteiger partial charge < -0.3 is 5.73 Å². The first-order valence-electron chi connectivity index (χ1n) is 5.83. The fraction of sp³-hybridized carbons (Fsp3) is 0.357. The molecular formula is C14H18N2S. The Labute approximate surface area is 107 Å². The average molecular weight is 246 g/mol. The number of rotatable bonds is 2. The minimum absolute atomic E-state index is 0.457. The summed E-state index contributed by atoms with van der Waals surface area (Å²) in [5.74, 6) is 0.457. The fourth-order valence-corrected chi connectivity index (χ4v) is 2.95. The summed E-state index contributed by atoms with van der Waals surface area (Å²) in [6, 6.07) is 6.34. The van der Waals surface area contributed by atoms with Crippen LogP contribution in [0.15, 0.2) is 18.2 Å². The molecule has 0 aliphatic heterocycles. The lowest BCUT2D eigenvalue weighted by atomic mass is 9.97. The summed E-state index contributed by atoms with van der Waals surface area (Å²) in [5.41, 5.74) is 10.7. The van der Waals surface area contributed by atoms with Crippen LogP contribution >= 0.6 is 11.3 Å². The van der Waals surface area contributed by atoms with Crippen molar-refractivity contribution in [3.05, 3.63) is 34.2 Å². The lowest BCUT2D eigenvalue weighted by Crippen LogP contribution is -1.93. The molecule has 0 aliphatic rings. The molecule has 0 saturated heterocycles. The number of anilines is 1. The molecule has 17 heavy (non-hydrogen) atoms. The predicted octanol–water partition coefficient (Wildman–Crippen LogP) is 4.13. The van der Waals surface area contributed by atoms with Crippen LogP contribution in [0, 0.1) is 13.8 Å². The maximum atomic E-state index is 5.86. The Hall–Kier alpha value is -1.35. The molecule has 2 rings (SSSR count). The van der Waals surface area contributed by atoms with E-state index in [4.69, 9.17) is 5.73 Å². The van der Waals surface area contributed by atoms with Gasteiger partial charge in [-0.2, -0.15) is 0 Å². The standard InChI is InChI=1S/C14H18N2S/c1-8(2)13-12(16-14(15)17-13)11-9(3)6-5-7-10(11)4/h5-8H,1-4H3,(H2,15,16). The summed E-state index contributed by atoms with van der Waals surface area (Å²) in [7, 11) is 0. The molecule has 1 aromatic heterocycles. The van der Waals surface area contributed by atoms with E-state index in [-0.39, 0.29) is 0 Å². The Kier molecular flexibility index (Phi) is 3.20. The van der Waals surface area contributed by atoms with Crippen LogP contribution in [0.5, 0.6) is 0 Å². The summed E-state index contributed by atoms with van der Waals surface area (Å²) in [6.07, 6.45) is 0. The molecule has 1 aromatic carbocycles. The van der Waals surface area contributed by atoms with E-state index >= 15 is 0 Å². The van der Waals surface area contributed by atoms with E-state index in [1.54, 1.807) is 11.3 Å². The van der Waals surface area contributed by atoms with Gasteiger partial charge in [0.05, 0.1) is 5.69 Å². The van der Waals surface area contributed by atoms with Gasteiger partial charge in [-0.15, -0.1) is 11.3 Å². The van der Waals surface area contributed by atoms with Crippen molar-refractivity contribution in [3.63, 3.8) is 0 Å². The van der Waals surface area contributed by atoms with Crippen LogP contribution in [0.1, 0.15) is 35.8 Å². The number of nitrogens with zero attached hydrogens (tertiary/aromatic N) is 1. The van der Waals surface area contributed by atoms with Gasteiger partial charge >= 0.3 is 0 Å². The molecule has 2 nitrogen and oxygen atoms in total. The van der Waals surface area contributed by atoms with Gasteiger partial charge in [-0.05, 0) is 30.9 Å². The molecular weight excluding hydrogens is 228 g/mol. The van der Waals surface area contributed by atoms with Crippen LogP contribution in [0.4, 0.5) is 5.13 Å². The zero-order valence-electron chi connectivity index (χ0n) is 10.7. The first-order valence-corrected chi connectivity index (χ1v) is 6.65. The van der Waals surface area contributed by atoms with Crippen molar-refractivity contribution in [2.45, 2.75) is 33.6 Å². The third-order valence-corrected chi connectivity index (χ3v) is 4.10. The first kappa shape index (κ1) is 12.1. The Morgan fingerprint density at radius 1 is 1.18 bits per heavy atom. The van der Waals surface area contributed by atoms with Gasteiger partial charge in [-0.3, -0.25) is 0 Å². The predicted molar refractivity (Wildman–Crippen MR) is 75.5 cm³/mol. The highest BCUT2D eigenvalue weighted by Gasteiger charge is 2.17. The molecule has 0 fully saturated rings. The van der Waals surface area contributed by atoms with Crippen molar-refractivity contribution in [2.24, 2.45) is 0 Å².